The Balaban J connectivity index is 1.43. The number of rotatable bonds is 8. The van der Waals surface area contributed by atoms with E-state index in [0.717, 1.165) is 11.1 Å². The molecule has 0 unspecified atom stereocenters. The number of benzene rings is 3. The summed E-state index contributed by atoms with van der Waals surface area (Å²) in [6, 6.07) is 19.6. The van der Waals surface area contributed by atoms with Crippen LogP contribution in [0, 0.1) is 0 Å². The Hall–Kier alpha value is -3.04. The molecule has 4 rings (SSSR count). The van der Waals surface area contributed by atoms with Crippen molar-refractivity contribution in [1.29, 1.82) is 0 Å². The van der Waals surface area contributed by atoms with Gasteiger partial charge < -0.3 is 14.8 Å². The van der Waals surface area contributed by atoms with Gasteiger partial charge in [-0.15, -0.1) is 0 Å². The van der Waals surface area contributed by atoms with Crippen molar-refractivity contribution in [2.75, 3.05) is 19.0 Å². The predicted octanol–water partition coefficient (Wildman–Crippen LogP) is 6.98. The zero-order valence-electron chi connectivity index (χ0n) is 19.9. The van der Waals surface area contributed by atoms with Crippen LogP contribution in [0.1, 0.15) is 24.1 Å². The van der Waals surface area contributed by atoms with E-state index in [4.69, 9.17) is 44.9 Å². The second kappa shape index (κ2) is 12.0. The number of hydrogen-bond acceptors (Lipinski definition) is 6. The number of amides is 2. The van der Waals surface area contributed by atoms with E-state index >= 15 is 0 Å². The van der Waals surface area contributed by atoms with Gasteiger partial charge in [0, 0.05) is 5.69 Å². The van der Waals surface area contributed by atoms with Crippen LogP contribution in [0.5, 0.6) is 11.5 Å². The summed E-state index contributed by atoms with van der Waals surface area (Å²) in [6.45, 7) is 1.71. The summed E-state index contributed by atoms with van der Waals surface area (Å²) < 4.78 is 11.6. The maximum Gasteiger partial charge on any atom is 0.266 e. The van der Waals surface area contributed by atoms with E-state index in [1.165, 1.54) is 18.9 Å². The van der Waals surface area contributed by atoms with Crippen LogP contribution in [-0.4, -0.2) is 34.8 Å². The highest BCUT2D eigenvalue weighted by atomic mass is 35.5. The van der Waals surface area contributed by atoms with Crippen molar-refractivity contribution >= 4 is 75.1 Å². The van der Waals surface area contributed by atoms with Gasteiger partial charge in [0.05, 0.1) is 28.1 Å². The number of methoxy groups -OCH3 is 1. The van der Waals surface area contributed by atoms with Crippen molar-refractivity contribution in [2.45, 2.75) is 13.0 Å². The Morgan fingerprint density at radius 1 is 1.08 bits per heavy atom. The Bertz CT molecular complexity index is 1380. The molecule has 37 heavy (non-hydrogen) atoms. The van der Waals surface area contributed by atoms with E-state index in [2.05, 4.69) is 5.32 Å². The van der Waals surface area contributed by atoms with Crippen molar-refractivity contribution in [3.8, 4) is 11.5 Å². The van der Waals surface area contributed by atoms with Crippen LogP contribution in [0.2, 0.25) is 10.0 Å². The molecule has 2 amide bonds. The Labute approximate surface area is 234 Å². The number of carbonyl (C=O) groups is 2. The summed E-state index contributed by atoms with van der Waals surface area (Å²) in [5.74, 6) is 0.281. The predicted molar refractivity (Wildman–Crippen MR) is 153 cm³/mol. The number of ether oxygens (including phenoxy) is 2. The molecule has 190 valence electrons. The summed E-state index contributed by atoms with van der Waals surface area (Å²) in [5, 5.41) is 3.43. The van der Waals surface area contributed by atoms with Crippen LogP contribution in [0.4, 0.5) is 5.69 Å². The monoisotopic (exact) mass is 572 g/mol. The molecule has 1 fully saturated rings. The molecule has 0 radical (unpaired) electrons. The highest BCUT2D eigenvalue weighted by Crippen LogP contribution is 2.39. The van der Waals surface area contributed by atoms with Crippen LogP contribution in [0.15, 0.2) is 71.6 Å². The normalized spacial score (nSPS) is 15.1. The molecule has 1 saturated heterocycles. The first kappa shape index (κ1) is 27.0. The van der Waals surface area contributed by atoms with Crippen molar-refractivity contribution in [1.82, 2.24) is 4.90 Å². The lowest BCUT2D eigenvalue weighted by atomic mass is 10.1. The number of hydrogen-bond donors (Lipinski definition) is 1. The van der Waals surface area contributed by atoms with Gasteiger partial charge in [-0.2, -0.15) is 0 Å². The summed E-state index contributed by atoms with van der Waals surface area (Å²) in [6.07, 6.45) is 1.76. The second-order valence-corrected chi connectivity index (χ2v) is 10.5. The van der Waals surface area contributed by atoms with Crippen LogP contribution in [-0.2, 0) is 9.59 Å². The van der Waals surface area contributed by atoms with E-state index in [9.17, 15) is 9.59 Å². The molecular formula is C27H22Cl2N2O4S2. The third-order valence-electron chi connectivity index (χ3n) is 5.54. The minimum Gasteiger partial charge on any atom is -0.493 e. The number of halogens is 2. The average molecular weight is 574 g/mol. The Morgan fingerprint density at radius 3 is 2.54 bits per heavy atom. The first-order valence-electron chi connectivity index (χ1n) is 11.1. The molecule has 3 aromatic rings. The number of nitrogens with one attached hydrogen (secondary N) is 1. The molecule has 0 saturated carbocycles. The van der Waals surface area contributed by atoms with Crippen molar-refractivity contribution < 1.29 is 19.1 Å². The first-order chi connectivity index (χ1) is 17.8. The number of thioether (sulfide) groups is 1. The lowest BCUT2D eigenvalue weighted by Crippen LogP contribution is -2.30. The summed E-state index contributed by atoms with van der Waals surface area (Å²) >= 11 is 18.7. The fourth-order valence-electron chi connectivity index (χ4n) is 3.65. The van der Waals surface area contributed by atoms with Crippen LogP contribution >= 0.6 is 47.2 Å². The lowest BCUT2D eigenvalue weighted by molar-refractivity contribution is -0.123. The summed E-state index contributed by atoms with van der Waals surface area (Å²) in [7, 11) is 1.50. The van der Waals surface area contributed by atoms with Crippen molar-refractivity contribution in [2.24, 2.45) is 0 Å². The van der Waals surface area contributed by atoms with Crippen molar-refractivity contribution in [3.63, 3.8) is 0 Å². The minimum absolute atomic E-state index is 0.148. The molecule has 0 aromatic heterocycles. The molecule has 0 spiro atoms. The summed E-state index contributed by atoms with van der Waals surface area (Å²) in [5.41, 5.74) is 2.24. The molecular weight excluding hydrogens is 551 g/mol. The maximum atomic E-state index is 13.2. The SMILES string of the molecule is COc1cc(/C=C2\SC(=S)N([C@H](C)c3ccccc3)C2=O)ccc1OCC(=O)Nc1ccc(Cl)c(Cl)c1. The smallest absolute Gasteiger partial charge is 0.266 e. The fourth-order valence-corrected chi connectivity index (χ4v) is 5.37. The number of nitrogens with zero attached hydrogens (tertiary/aromatic N) is 1. The summed E-state index contributed by atoms with van der Waals surface area (Å²) in [4.78, 5) is 27.6. The first-order valence-corrected chi connectivity index (χ1v) is 13.1. The third kappa shape index (κ3) is 6.45. The molecule has 0 aliphatic carbocycles. The highest BCUT2D eigenvalue weighted by Gasteiger charge is 2.35. The highest BCUT2D eigenvalue weighted by molar-refractivity contribution is 8.26. The molecule has 3 aromatic carbocycles. The molecule has 1 atom stereocenters. The lowest BCUT2D eigenvalue weighted by Gasteiger charge is -2.23. The zero-order chi connectivity index (χ0) is 26.5. The molecule has 1 heterocycles. The van der Waals surface area contributed by atoms with Gasteiger partial charge in [-0.3, -0.25) is 14.5 Å². The van der Waals surface area contributed by atoms with E-state index in [1.54, 1.807) is 47.4 Å². The van der Waals surface area contributed by atoms with Gasteiger partial charge in [0.1, 0.15) is 4.32 Å². The molecule has 6 nitrogen and oxygen atoms in total. The molecule has 1 aliphatic heterocycles. The molecule has 10 heteroatoms. The number of thiocarbonyl (C=S) groups is 1. The average Bonchev–Trinajstić information content (AvgIpc) is 3.17. The minimum atomic E-state index is -0.374. The largest absolute Gasteiger partial charge is 0.493 e. The van der Waals surface area contributed by atoms with E-state index in [-0.39, 0.29) is 24.5 Å². The second-order valence-electron chi connectivity index (χ2n) is 8.01. The topological polar surface area (TPSA) is 67.9 Å². The standard InChI is InChI=1S/C27H22Cl2N2O4S2/c1-16(18-6-4-3-5-7-18)31-26(33)24(37-27(31)36)13-17-8-11-22(23(12-17)34-2)35-15-25(32)30-19-9-10-20(28)21(29)14-19/h3-14,16H,15H2,1-2H3,(H,30,32)/b24-13-/t16-/m1/s1. The molecule has 1 N–H and O–H groups in total. The van der Waals surface area contributed by atoms with Gasteiger partial charge in [0.15, 0.2) is 18.1 Å². The molecule has 1 aliphatic rings. The number of anilines is 1. The van der Waals surface area contributed by atoms with Crippen LogP contribution in [0.3, 0.4) is 0 Å². The van der Waals surface area contributed by atoms with Gasteiger partial charge in [-0.05, 0) is 54.5 Å². The quantitative estimate of drug-likeness (QED) is 0.232. The van der Waals surface area contributed by atoms with Crippen LogP contribution in [0.25, 0.3) is 6.08 Å². The third-order valence-corrected chi connectivity index (χ3v) is 7.61. The number of carbonyl (C=O) groups excluding carboxylic acids is 2. The van der Waals surface area contributed by atoms with Gasteiger partial charge in [0.2, 0.25) is 0 Å². The maximum absolute atomic E-state index is 13.2. The van der Waals surface area contributed by atoms with Gasteiger partial charge in [-0.1, -0.05) is 83.6 Å². The van der Waals surface area contributed by atoms with Gasteiger partial charge in [-0.25, -0.2) is 0 Å². The molecule has 0 bridgehead atoms. The Kier molecular flexibility index (Phi) is 8.76. The van der Waals surface area contributed by atoms with E-state index < -0.39 is 0 Å². The Morgan fingerprint density at radius 2 is 1.84 bits per heavy atom. The van der Waals surface area contributed by atoms with E-state index in [1.807, 2.05) is 37.3 Å². The van der Waals surface area contributed by atoms with Crippen LogP contribution < -0.4 is 14.8 Å². The zero-order valence-corrected chi connectivity index (χ0v) is 23.0. The van der Waals surface area contributed by atoms with Gasteiger partial charge in [0.25, 0.3) is 11.8 Å². The van der Waals surface area contributed by atoms with Gasteiger partial charge >= 0.3 is 0 Å². The fraction of sp³-hybridized carbons (Fsp3) is 0.148. The van der Waals surface area contributed by atoms with Crippen molar-refractivity contribution in [3.05, 3.63) is 92.8 Å². The van der Waals surface area contributed by atoms with E-state index in [0.29, 0.717) is 36.5 Å².